The highest BCUT2D eigenvalue weighted by molar-refractivity contribution is 6.06. The average molecular weight is 363 g/mol. The molecule has 3 nitrogen and oxygen atoms in total. The van der Waals surface area contributed by atoms with Gasteiger partial charge in [-0.05, 0) is 37.1 Å². The molecule has 1 heterocycles. The van der Waals surface area contributed by atoms with Gasteiger partial charge in [0.05, 0.1) is 18.5 Å². The van der Waals surface area contributed by atoms with Crippen molar-refractivity contribution in [3.8, 4) is 5.75 Å². The molecule has 0 aliphatic heterocycles. The summed E-state index contributed by atoms with van der Waals surface area (Å²) in [5, 5.41) is 0. The number of benzene rings is 1. The van der Waals surface area contributed by atoms with E-state index < -0.39 is 0 Å². The number of aromatic nitrogens is 1. The number of nitrogens with zero attached hydrogens (tertiary/aromatic N) is 2. The van der Waals surface area contributed by atoms with Gasteiger partial charge in [-0.15, -0.1) is 0 Å². The zero-order chi connectivity index (χ0) is 19.9. The highest BCUT2D eigenvalue weighted by Gasteiger charge is 2.23. The number of ether oxygens (including phenoxy) is 1. The Balaban J connectivity index is 2.52. The molecule has 0 bridgehead atoms. The molecule has 0 saturated carbocycles. The molecule has 0 unspecified atom stereocenters. The summed E-state index contributed by atoms with van der Waals surface area (Å²) in [4.78, 5) is 9.24. The van der Waals surface area contributed by atoms with Crippen LogP contribution in [0.25, 0.3) is 6.08 Å². The van der Waals surface area contributed by atoms with Gasteiger partial charge in [-0.2, -0.15) is 0 Å². The van der Waals surface area contributed by atoms with Crippen LogP contribution in [0.15, 0.2) is 65.6 Å². The van der Waals surface area contributed by atoms with E-state index in [0.29, 0.717) is 0 Å². The van der Waals surface area contributed by atoms with Crippen molar-refractivity contribution in [1.82, 2.24) is 4.98 Å². The predicted octanol–water partition coefficient (Wildman–Crippen LogP) is 6.24. The van der Waals surface area contributed by atoms with Crippen LogP contribution in [0.2, 0.25) is 0 Å². The Morgan fingerprint density at radius 2 is 1.96 bits per heavy atom. The predicted molar refractivity (Wildman–Crippen MR) is 115 cm³/mol. The Morgan fingerprint density at radius 1 is 1.19 bits per heavy atom. The van der Waals surface area contributed by atoms with E-state index in [4.69, 9.17) is 9.73 Å². The molecule has 0 amide bonds. The lowest BCUT2D eigenvalue weighted by molar-refractivity contribution is 0.411. The van der Waals surface area contributed by atoms with Crippen LogP contribution in [-0.2, 0) is 0 Å². The third-order valence-corrected chi connectivity index (χ3v) is 4.25. The average Bonchev–Trinajstić information content (AvgIpc) is 2.64. The molecule has 142 valence electrons. The quantitative estimate of drug-likeness (QED) is 0.450. The Kier molecular flexibility index (Phi) is 7.12. The zero-order valence-electron chi connectivity index (χ0n) is 17.3. The van der Waals surface area contributed by atoms with Gasteiger partial charge in [0.25, 0.3) is 0 Å². The fourth-order valence-electron chi connectivity index (χ4n) is 2.87. The monoisotopic (exact) mass is 362 g/mol. The van der Waals surface area contributed by atoms with Crippen molar-refractivity contribution >= 4 is 11.8 Å². The third kappa shape index (κ3) is 5.65. The van der Waals surface area contributed by atoms with Crippen molar-refractivity contribution in [1.29, 1.82) is 0 Å². The number of allylic oxidation sites excluding steroid dienone is 2. The van der Waals surface area contributed by atoms with Gasteiger partial charge in [0, 0.05) is 28.9 Å². The van der Waals surface area contributed by atoms with E-state index >= 15 is 0 Å². The van der Waals surface area contributed by atoms with Gasteiger partial charge in [-0.1, -0.05) is 58.0 Å². The molecule has 0 N–H and O–H groups in total. The van der Waals surface area contributed by atoms with E-state index in [9.17, 15) is 0 Å². The summed E-state index contributed by atoms with van der Waals surface area (Å²) in [5.74, 6) is 0.886. The van der Waals surface area contributed by atoms with E-state index in [2.05, 4.69) is 63.9 Å². The molecule has 27 heavy (non-hydrogen) atoms. The number of hydrogen-bond acceptors (Lipinski definition) is 3. The second-order valence-electron chi connectivity index (χ2n) is 7.50. The molecule has 0 aliphatic rings. The van der Waals surface area contributed by atoms with Crippen molar-refractivity contribution in [3.05, 3.63) is 77.3 Å². The Morgan fingerprint density at radius 3 is 2.56 bits per heavy atom. The Bertz CT molecular complexity index is 840. The molecule has 0 saturated heterocycles. The van der Waals surface area contributed by atoms with Crippen molar-refractivity contribution in [2.75, 3.05) is 7.11 Å². The summed E-state index contributed by atoms with van der Waals surface area (Å²) in [7, 11) is 1.71. The van der Waals surface area contributed by atoms with Crippen LogP contribution in [0, 0.1) is 12.3 Å². The van der Waals surface area contributed by atoms with E-state index in [-0.39, 0.29) is 5.41 Å². The van der Waals surface area contributed by atoms with Gasteiger partial charge in [0.15, 0.2) is 0 Å². The number of pyridine rings is 1. The van der Waals surface area contributed by atoms with Gasteiger partial charge in [-0.25, -0.2) is 0 Å². The van der Waals surface area contributed by atoms with Crippen LogP contribution in [-0.4, -0.2) is 17.8 Å². The van der Waals surface area contributed by atoms with Gasteiger partial charge in [-0.3, -0.25) is 9.98 Å². The second-order valence-corrected chi connectivity index (χ2v) is 7.50. The first kappa shape index (κ1) is 20.6. The molecule has 0 aliphatic carbocycles. The first-order valence-electron chi connectivity index (χ1n) is 9.38. The molecule has 0 fully saturated rings. The summed E-state index contributed by atoms with van der Waals surface area (Å²) in [6.07, 6.45) is 10.8. The molecule has 0 spiro atoms. The molecule has 1 aromatic carbocycles. The van der Waals surface area contributed by atoms with Crippen molar-refractivity contribution in [3.63, 3.8) is 0 Å². The highest BCUT2D eigenvalue weighted by Crippen LogP contribution is 2.29. The molecule has 0 radical (unpaired) electrons. The van der Waals surface area contributed by atoms with E-state index in [0.717, 1.165) is 40.3 Å². The third-order valence-electron chi connectivity index (χ3n) is 4.25. The molecular weight excluding hydrogens is 332 g/mol. The van der Waals surface area contributed by atoms with E-state index in [1.807, 2.05) is 30.5 Å². The van der Waals surface area contributed by atoms with Gasteiger partial charge < -0.3 is 4.74 Å². The highest BCUT2D eigenvalue weighted by atomic mass is 16.5. The topological polar surface area (TPSA) is 34.5 Å². The standard InChI is InChI=1S/C24H30N2O/c1-7-10-20(15-14-19-11-9-16-25-17-19)26-23(24(3,4)5)21-12-8-13-22(27-6)18(21)2/h8-17H,7H2,1-6H3/b15-14+,20-10+,26-23?. The maximum absolute atomic E-state index is 5.52. The van der Waals surface area contributed by atoms with Crippen LogP contribution < -0.4 is 4.74 Å². The number of rotatable bonds is 6. The summed E-state index contributed by atoms with van der Waals surface area (Å²) < 4.78 is 5.52. The summed E-state index contributed by atoms with van der Waals surface area (Å²) in [5.41, 5.74) is 5.19. The fraction of sp³-hybridized carbons (Fsp3) is 0.333. The lowest BCUT2D eigenvalue weighted by Crippen LogP contribution is -2.23. The largest absolute Gasteiger partial charge is 0.496 e. The molecular formula is C24H30N2O. The second kappa shape index (κ2) is 9.31. The van der Waals surface area contributed by atoms with Crippen LogP contribution in [0.1, 0.15) is 50.8 Å². The molecule has 1 aromatic heterocycles. The number of hydrogen-bond donors (Lipinski definition) is 0. The van der Waals surface area contributed by atoms with Crippen LogP contribution in [0.4, 0.5) is 0 Å². The van der Waals surface area contributed by atoms with Crippen LogP contribution in [0.3, 0.4) is 0 Å². The van der Waals surface area contributed by atoms with E-state index in [1.165, 1.54) is 0 Å². The minimum Gasteiger partial charge on any atom is -0.496 e. The van der Waals surface area contributed by atoms with Crippen molar-refractivity contribution in [2.24, 2.45) is 10.4 Å². The van der Waals surface area contributed by atoms with Crippen LogP contribution in [0.5, 0.6) is 5.75 Å². The van der Waals surface area contributed by atoms with Crippen LogP contribution >= 0.6 is 0 Å². The smallest absolute Gasteiger partial charge is 0.122 e. The summed E-state index contributed by atoms with van der Waals surface area (Å²) in [6.45, 7) is 10.8. The minimum absolute atomic E-state index is 0.105. The lowest BCUT2D eigenvalue weighted by atomic mass is 9.83. The molecule has 3 heteroatoms. The van der Waals surface area contributed by atoms with Gasteiger partial charge >= 0.3 is 0 Å². The first-order valence-corrected chi connectivity index (χ1v) is 9.38. The van der Waals surface area contributed by atoms with Gasteiger partial charge in [0.1, 0.15) is 5.75 Å². The normalized spacial score (nSPS) is 13.3. The fourth-order valence-corrected chi connectivity index (χ4v) is 2.87. The zero-order valence-corrected chi connectivity index (χ0v) is 17.3. The number of aliphatic imine (C=N–C) groups is 1. The summed E-state index contributed by atoms with van der Waals surface area (Å²) in [6, 6.07) is 10.1. The number of methoxy groups -OCH3 is 1. The van der Waals surface area contributed by atoms with E-state index in [1.54, 1.807) is 13.3 Å². The maximum atomic E-state index is 5.52. The molecule has 0 atom stereocenters. The first-order chi connectivity index (χ1) is 12.9. The Hall–Kier alpha value is -2.68. The SMILES string of the molecule is CC/C=C(\C=C\c1cccnc1)N=C(c1cccc(OC)c1C)C(C)(C)C. The lowest BCUT2D eigenvalue weighted by Gasteiger charge is -2.24. The maximum Gasteiger partial charge on any atom is 0.122 e. The molecule has 2 aromatic rings. The van der Waals surface area contributed by atoms with Crippen molar-refractivity contribution < 1.29 is 4.74 Å². The Labute approximate surface area is 163 Å². The minimum atomic E-state index is -0.105. The molecule has 2 rings (SSSR count). The van der Waals surface area contributed by atoms with Gasteiger partial charge in [0.2, 0.25) is 0 Å². The van der Waals surface area contributed by atoms with Crippen molar-refractivity contribution in [2.45, 2.75) is 41.0 Å². The summed E-state index contributed by atoms with van der Waals surface area (Å²) >= 11 is 0.